The van der Waals surface area contributed by atoms with Crippen molar-refractivity contribution in [2.75, 3.05) is 28.7 Å². The first-order chi connectivity index (χ1) is 19.1. The van der Waals surface area contributed by atoms with Crippen LogP contribution in [0.4, 0.5) is 26.2 Å². The van der Waals surface area contributed by atoms with Crippen LogP contribution in [0.2, 0.25) is 5.02 Å². The molecule has 0 spiro atoms. The van der Waals surface area contributed by atoms with Crippen LogP contribution in [0.3, 0.4) is 0 Å². The van der Waals surface area contributed by atoms with E-state index in [-0.39, 0.29) is 22.5 Å². The molecule has 2 aliphatic carbocycles. The third kappa shape index (κ3) is 10.8. The van der Waals surface area contributed by atoms with Crippen molar-refractivity contribution in [3.05, 3.63) is 47.2 Å². The maximum absolute atomic E-state index is 14.2. The fraction of sp³-hybridized carbons (Fsp3) is 0.500. The molecule has 40 heavy (non-hydrogen) atoms. The second kappa shape index (κ2) is 15.6. The van der Waals surface area contributed by atoms with Gasteiger partial charge >= 0.3 is 16.5 Å². The molecule has 2 aliphatic rings. The molecular weight excluding hydrogens is 559 g/mol. The molecule has 2 fully saturated rings. The Morgan fingerprint density at radius 2 is 1.68 bits per heavy atom. The van der Waals surface area contributed by atoms with Gasteiger partial charge in [0.25, 0.3) is 5.91 Å². The number of carbonyl (C=O) groups excluding carboxylic acids is 2. The van der Waals surface area contributed by atoms with Crippen molar-refractivity contribution >= 4 is 51.1 Å². The van der Waals surface area contributed by atoms with Gasteiger partial charge in [-0.05, 0) is 49.1 Å². The Kier molecular flexibility index (Phi) is 12.2. The SMILES string of the molecule is C1CC1.CC(C)CN(c1ccc(OCC(=O)N=S(=O)=O)cc1NC(=O)Nc1ccc(Cl)cc1F)C1CCCCC1. The standard InChI is InChI=1S/C25H30ClFN4O5S.C3H6/c1-16(2)14-31(18-6-4-3-5-7-18)23-11-9-19(36-15-24(32)30-37(34)35)13-22(23)29-25(33)28-21-10-8-17(26)12-20(21)27;1-2-3-1/h8-13,16,18H,3-7,14-15H2,1-2H3,(H2,28,29,33);1-3H2. The van der Waals surface area contributed by atoms with E-state index in [0.29, 0.717) is 11.6 Å². The summed E-state index contributed by atoms with van der Waals surface area (Å²) in [4.78, 5) is 26.8. The summed E-state index contributed by atoms with van der Waals surface area (Å²) in [6, 6.07) is 8.51. The minimum Gasteiger partial charge on any atom is -0.484 e. The zero-order valence-electron chi connectivity index (χ0n) is 22.8. The van der Waals surface area contributed by atoms with E-state index in [1.54, 1.807) is 18.2 Å². The summed E-state index contributed by atoms with van der Waals surface area (Å²) in [6.07, 6.45) is 9.97. The molecule has 3 amide bonds. The Hall–Kier alpha value is -3.18. The number of ether oxygens (including phenoxy) is 1. The molecule has 0 aliphatic heterocycles. The summed E-state index contributed by atoms with van der Waals surface area (Å²) < 4.78 is 43.8. The van der Waals surface area contributed by atoms with Gasteiger partial charge in [-0.1, -0.05) is 68.3 Å². The molecule has 0 heterocycles. The number of nitrogens with zero attached hydrogens (tertiary/aromatic N) is 2. The van der Waals surface area contributed by atoms with Gasteiger partial charge in [0, 0.05) is 23.7 Å². The fourth-order valence-electron chi connectivity index (χ4n) is 4.31. The Morgan fingerprint density at radius 1 is 1.02 bits per heavy atom. The van der Waals surface area contributed by atoms with Crippen molar-refractivity contribution in [3.8, 4) is 5.75 Å². The van der Waals surface area contributed by atoms with E-state index in [2.05, 4.69) is 33.7 Å². The number of nitrogens with one attached hydrogen (secondary N) is 2. The number of carbonyl (C=O) groups is 2. The van der Waals surface area contributed by atoms with E-state index in [1.165, 1.54) is 37.8 Å². The molecule has 0 radical (unpaired) electrons. The number of benzene rings is 2. The molecule has 2 aromatic rings. The average molecular weight is 595 g/mol. The van der Waals surface area contributed by atoms with Crippen LogP contribution in [-0.4, -0.2) is 39.5 Å². The first kappa shape index (κ1) is 31.3. The lowest BCUT2D eigenvalue weighted by Gasteiger charge is -2.38. The molecule has 9 nitrogen and oxygen atoms in total. The van der Waals surface area contributed by atoms with Crippen molar-refractivity contribution in [2.45, 2.75) is 71.3 Å². The Bertz CT molecular complexity index is 1300. The van der Waals surface area contributed by atoms with Crippen LogP contribution in [0, 0.1) is 11.7 Å². The van der Waals surface area contributed by atoms with Crippen molar-refractivity contribution in [2.24, 2.45) is 10.3 Å². The summed E-state index contributed by atoms with van der Waals surface area (Å²) in [5.74, 6) is -1.08. The molecule has 0 unspecified atom stereocenters. The minimum atomic E-state index is -2.87. The number of halogens is 2. The lowest BCUT2D eigenvalue weighted by molar-refractivity contribution is -0.119. The third-order valence-electron chi connectivity index (χ3n) is 6.17. The number of hydrogen-bond donors (Lipinski definition) is 2. The van der Waals surface area contributed by atoms with Crippen molar-refractivity contribution in [3.63, 3.8) is 0 Å². The van der Waals surface area contributed by atoms with Gasteiger partial charge in [0.15, 0.2) is 6.61 Å². The van der Waals surface area contributed by atoms with Gasteiger partial charge in [-0.3, -0.25) is 4.79 Å². The Labute approximate surface area is 241 Å². The van der Waals surface area contributed by atoms with E-state index < -0.39 is 34.9 Å². The highest BCUT2D eigenvalue weighted by atomic mass is 35.5. The molecule has 0 aromatic heterocycles. The lowest BCUT2D eigenvalue weighted by atomic mass is 9.93. The molecule has 4 rings (SSSR count). The first-order valence-corrected chi connectivity index (χ1v) is 14.9. The fourth-order valence-corrected chi connectivity index (χ4v) is 4.68. The van der Waals surface area contributed by atoms with Gasteiger partial charge < -0.3 is 20.3 Å². The predicted molar refractivity (Wildman–Crippen MR) is 155 cm³/mol. The smallest absolute Gasteiger partial charge is 0.323 e. The summed E-state index contributed by atoms with van der Waals surface area (Å²) in [6.45, 7) is 4.39. The van der Waals surface area contributed by atoms with Crippen LogP contribution >= 0.6 is 11.6 Å². The molecule has 12 heteroatoms. The molecule has 0 bridgehead atoms. The number of amides is 3. The predicted octanol–water partition coefficient (Wildman–Crippen LogP) is 7.06. The van der Waals surface area contributed by atoms with Gasteiger partial charge in [-0.2, -0.15) is 8.42 Å². The number of hydrogen-bond acceptors (Lipinski definition) is 6. The van der Waals surface area contributed by atoms with Crippen molar-refractivity contribution in [1.29, 1.82) is 0 Å². The summed E-state index contributed by atoms with van der Waals surface area (Å²) >= 11 is 5.80. The van der Waals surface area contributed by atoms with Crippen LogP contribution in [0.25, 0.3) is 0 Å². The zero-order valence-corrected chi connectivity index (χ0v) is 24.4. The molecule has 2 aromatic carbocycles. The highest BCUT2D eigenvalue weighted by Crippen LogP contribution is 2.36. The first-order valence-electron chi connectivity index (χ1n) is 13.5. The monoisotopic (exact) mass is 594 g/mol. The van der Waals surface area contributed by atoms with Gasteiger partial charge in [0.05, 0.1) is 17.1 Å². The molecule has 2 N–H and O–H groups in total. The maximum atomic E-state index is 14.2. The topological polar surface area (TPSA) is 117 Å². The number of anilines is 3. The van der Waals surface area contributed by atoms with Crippen molar-refractivity contribution < 1.29 is 27.1 Å². The van der Waals surface area contributed by atoms with Crippen LogP contribution in [0.5, 0.6) is 5.75 Å². The molecule has 0 saturated heterocycles. The summed E-state index contributed by atoms with van der Waals surface area (Å²) in [5.41, 5.74) is 1.11. The Morgan fingerprint density at radius 3 is 2.27 bits per heavy atom. The van der Waals surface area contributed by atoms with Crippen LogP contribution in [-0.2, 0) is 15.3 Å². The summed E-state index contributed by atoms with van der Waals surface area (Å²) in [7, 11) is -2.87. The quantitative estimate of drug-likeness (QED) is 0.321. The average Bonchev–Trinajstić information content (AvgIpc) is 3.78. The normalized spacial score (nSPS) is 14.4. The highest BCUT2D eigenvalue weighted by Gasteiger charge is 2.25. The lowest BCUT2D eigenvalue weighted by Crippen LogP contribution is -2.40. The van der Waals surface area contributed by atoms with E-state index >= 15 is 0 Å². The van der Waals surface area contributed by atoms with Gasteiger partial charge in [0.1, 0.15) is 11.6 Å². The largest absolute Gasteiger partial charge is 0.484 e. The molecular formula is C28H36ClFN4O5S. The van der Waals surface area contributed by atoms with Crippen LogP contribution in [0.15, 0.2) is 40.8 Å². The number of rotatable bonds is 9. The van der Waals surface area contributed by atoms with Crippen LogP contribution in [0.1, 0.15) is 65.2 Å². The summed E-state index contributed by atoms with van der Waals surface area (Å²) in [5, 5.41) is 5.46. The second-order valence-corrected chi connectivity index (χ2v) is 11.3. The van der Waals surface area contributed by atoms with Gasteiger partial charge in [-0.15, -0.1) is 0 Å². The van der Waals surface area contributed by atoms with E-state index in [1.807, 2.05) is 0 Å². The second-order valence-electron chi connectivity index (χ2n) is 10.3. The van der Waals surface area contributed by atoms with Crippen molar-refractivity contribution in [1.82, 2.24) is 0 Å². The minimum absolute atomic E-state index is 0.0417. The van der Waals surface area contributed by atoms with Gasteiger partial charge in [0.2, 0.25) is 0 Å². The molecule has 2 saturated carbocycles. The highest BCUT2D eigenvalue weighted by molar-refractivity contribution is 7.62. The van der Waals surface area contributed by atoms with E-state index in [0.717, 1.165) is 44.0 Å². The number of urea groups is 1. The van der Waals surface area contributed by atoms with E-state index in [4.69, 9.17) is 16.3 Å². The maximum Gasteiger partial charge on any atom is 0.323 e. The molecule has 218 valence electrons. The third-order valence-corrected chi connectivity index (χ3v) is 6.76. The van der Waals surface area contributed by atoms with Crippen LogP contribution < -0.4 is 20.3 Å². The zero-order chi connectivity index (χ0) is 29.1. The Balaban J connectivity index is 0.00000137. The molecule has 0 atom stereocenters. The van der Waals surface area contributed by atoms with E-state index in [9.17, 15) is 22.4 Å². The van der Waals surface area contributed by atoms with Gasteiger partial charge in [-0.25, -0.2) is 9.18 Å².